The van der Waals surface area contributed by atoms with Gasteiger partial charge >= 0.3 is 0 Å². The predicted molar refractivity (Wildman–Crippen MR) is 66.5 cm³/mol. The Balaban J connectivity index is 1.83. The molecule has 0 aromatic carbocycles. The van der Waals surface area contributed by atoms with Gasteiger partial charge in [-0.1, -0.05) is 0 Å². The highest BCUT2D eigenvalue weighted by atomic mass is 16.5. The molecular formula is C13H19N3O2. The first-order valence-electron chi connectivity index (χ1n) is 6.55. The Morgan fingerprint density at radius 3 is 2.83 bits per heavy atom. The predicted octanol–water partition coefficient (Wildman–Crippen LogP) is 0.785. The van der Waals surface area contributed by atoms with Crippen molar-refractivity contribution < 1.29 is 9.53 Å². The third-order valence-electron chi connectivity index (χ3n) is 3.33. The largest absolute Gasteiger partial charge is 0.376 e. The van der Waals surface area contributed by atoms with Crippen LogP contribution in [0.15, 0.2) is 11.8 Å². The van der Waals surface area contributed by atoms with Crippen molar-refractivity contribution in [1.82, 2.24) is 10.2 Å². The summed E-state index contributed by atoms with van der Waals surface area (Å²) in [6.07, 6.45) is 6.09. The monoisotopic (exact) mass is 249 g/mol. The molecule has 2 heterocycles. The fraction of sp³-hybridized carbons (Fsp3) is 0.692. The van der Waals surface area contributed by atoms with Crippen molar-refractivity contribution in [3.05, 3.63) is 11.8 Å². The maximum absolute atomic E-state index is 11.8. The van der Waals surface area contributed by atoms with E-state index in [4.69, 9.17) is 10.00 Å². The molecule has 2 aliphatic heterocycles. The number of ether oxygens (including phenoxy) is 1. The molecule has 2 aliphatic rings. The molecule has 0 aromatic heterocycles. The van der Waals surface area contributed by atoms with Crippen LogP contribution in [0, 0.1) is 11.3 Å². The molecule has 2 rings (SSSR count). The SMILES string of the molecule is N#C/C(=C/N1CCCC1)C(=O)NCC1CCCO1. The fourth-order valence-electron chi connectivity index (χ4n) is 2.30. The fourth-order valence-corrected chi connectivity index (χ4v) is 2.30. The van der Waals surface area contributed by atoms with Crippen LogP contribution in [0.4, 0.5) is 0 Å². The Labute approximate surface area is 107 Å². The van der Waals surface area contributed by atoms with E-state index in [2.05, 4.69) is 5.32 Å². The molecule has 0 spiro atoms. The number of carbonyl (C=O) groups is 1. The van der Waals surface area contributed by atoms with Gasteiger partial charge in [0.25, 0.3) is 5.91 Å². The maximum atomic E-state index is 11.8. The average molecular weight is 249 g/mol. The van der Waals surface area contributed by atoms with Crippen LogP contribution in [0.5, 0.6) is 0 Å². The number of likely N-dealkylation sites (tertiary alicyclic amines) is 1. The summed E-state index contributed by atoms with van der Waals surface area (Å²) < 4.78 is 5.42. The Bertz CT molecular complexity index is 361. The Morgan fingerprint density at radius 2 is 2.22 bits per heavy atom. The number of hydrogen-bond donors (Lipinski definition) is 1. The summed E-state index contributed by atoms with van der Waals surface area (Å²) in [6.45, 7) is 3.14. The van der Waals surface area contributed by atoms with Crippen LogP contribution in [0.25, 0.3) is 0 Å². The van der Waals surface area contributed by atoms with Gasteiger partial charge in [-0.15, -0.1) is 0 Å². The minimum atomic E-state index is -0.292. The molecule has 1 atom stereocenters. The summed E-state index contributed by atoms with van der Waals surface area (Å²) in [4.78, 5) is 13.9. The first-order valence-corrected chi connectivity index (χ1v) is 6.55. The quantitative estimate of drug-likeness (QED) is 0.591. The molecular weight excluding hydrogens is 230 g/mol. The number of rotatable bonds is 4. The van der Waals surface area contributed by atoms with Gasteiger partial charge < -0.3 is 15.0 Å². The normalized spacial score (nSPS) is 24.1. The lowest BCUT2D eigenvalue weighted by Crippen LogP contribution is -2.33. The van der Waals surface area contributed by atoms with Crippen LogP contribution in [0.3, 0.4) is 0 Å². The molecule has 1 N–H and O–H groups in total. The lowest BCUT2D eigenvalue weighted by molar-refractivity contribution is -0.117. The minimum Gasteiger partial charge on any atom is -0.376 e. The zero-order valence-corrected chi connectivity index (χ0v) is 10.5. The molecule has 1 amide bonds. The Kier molecular flexibility index (Phi) is 4.59. The molecule has 5 nitrogen and oxygen atoms in total. The second-order valence-corrected chi connectivity index (χ2v) is 4.74. The standard InChI is InChI=1S/C13H19N3O2/c14-8-11(10-16-5-1-2-6-16)13(17)15-9-12-4-3-7-18-12/h10,12H,1-7,9H2,(H,15,17)/b11-10-. The lowest BCUT2D eigenvalue weighted by atomic mass is 10.2. The van der Waals surface area contributed by atoms with Crippen LogP contribution in [-0.2, 0) is 9.53 Å². The van der Waals surface area contributed by atoms with E-state index < -0.39 is 0 Å². The van der Waals surface area contributed by atoms with Gasteiger partial charge in [-0.3, -0.25) is 4.79 Å². The molecule has 98 valence electrons. The third-order valence-corrected chi connectivity index (χ3v) is 3.33. The number of nitrogens with one attached hydrogen (secondary N) is 1. The first kappa shape index (κ1) is 12.9. The number of hydrogen-bond acceptors (Lipinski definition) is 4. The van der Waals surface area contributed by atoms with E-state index in [9.17, 15) is 4.79 Å². The van der Waals surface area contributed by atoms with Crippen molar-refractivity contribution in [2.75, 3.05) is 26.2 Å². The van der Waals surface area contributed by atoms with E-state index in [-0.39, 0.29) is 17.6 Å². The van der Waals surface area contributed by atoms with Crippen LogP contribution >= 0.6 is 0 Å². The van der Waals surface area contributed by atoms with Gasteiger partial charge in [-0.05, 0) is 25.7 Å². The van der Waals surface area contributed by atoms with Gasteiger partial charge in [0.1, 0.15) is 11.6 Å². The molecule has 18 heavy (non-hydrogen) atoms. The van der Waals surface area contributed by atoms with E-state index in [1.165, 1.54) is 0 Å². The van der Waals surface area contributed by atoms with Crippen molar-refractivity contribution >= 4 is 5.91 Å². The number of nitriles is 1. The zero-order valence-electron chi connectivity index (χ0n) is 10.5. The topological polar surface area (TPSA) is 65.4 Å². The molecule has 1 unspecified atom stereocenters. The average Bonchev–Trinajstić information content (AvgIpc) is 3.06. The third kappa shape index (κ3) is 3.47. The van der Waals surface area contributed by atoms with Crippen molar-refractivity contribution in [3.8, 4) is 6.07 Å². The highest BCUT2D eigenvalue weighted by Crippen LogP contribution is 2.12. The second kappa shape index (κ2) is 6.41. The maximum Gasteiger partial charge on any atom is 0.263 e. The van der Waals surface area contributed by atoms with Gasteiger partial charge in [0.2, 0.25) is 0 Å². The zero-order chi connectivity index (χ0) is 12.8. The van der Waals surface area contributed by atoms with Gasteiger partial charge in [0.15, 0.2) is 0 Å². The van der Waals surface area contributed by atoms with Crippen LogP contribution in [0.1, 0.15) is 25.7 Å². The van der Waals surface area contributed by atoms with Gasteiger partial charge in [-0.2, -0.15) is 5.26 Å². The summed E-state index contributed by atoms with van der Waals surface area (Å²) in [5.41, 5.74) is 0.190. The highest BCUT2D eigenvalue weighted by Gasteiger charge is 2.18. The summed E-state index contributed by atoms with van der Waals surface area (Å²) in [6, 6.07) is 1.97. The highest BCUT2D eigenvalue weighted by molar-refractivity contribution is 5.97. The Hall–Kier alpha value is -1.54. The van der Waals surface area contributed by atoms with Crippen molar-refractivity contribution in [1.29, 1.82) is 5.26 Å². The van der Waals surface area contributed by atoms with E-state index in [0.717, 1.165) is 45.4 Å². The smallest absolute Gasteiger partial charge is 0.263 e. The lowest BCUT2D eigenvalue weighted by Gasteiger charge is -2.13. The first-order chi connectivity index (χ1) is 8.79. The summed E-state index contributed by atoms with van der Waals surface area (Å²) in [5.74, 6) is -0.292. The van der Waals surface area contributed by atoms with Gasteiger partial charge in [0, 0.05) is 32.4 Å². The van der Waals surface area contributed by atoms with Crippen LogP contribution in [0.2, 0.25) is 0 Å². The van der Waals surface area contributed by atoms with Gasteiger partial charge in [0.05, 0.1) is 6.10 Å². The van der Waals surface area contributed by atoms with Crippen molar-refractivity contribution in [3.63, 3.8) is 0 Å². The minimum absolute atomic E-state index is 0.112. The molecule has 0 aliphatic carbocycles. The molecule has 2 fully saturated rings. The summed E-state index contributed by atoms with van der Waals surface area (Å²) >= 11 is 0. The molecule has 0 saturated carbocycles. The molecule has 5 heteroatoms. The van der Waals surface area contributed by atoms with E-state index in [1.807, 2.05) is 11.0 Å². The Morgan fingerprint density at radius 1 is 1.44 bits per heavy atom. The summed E-state index contributed by atoms with van der Waals surface area (Å²) in [5, 5.41) is 11.8. The number of nitrogens with zero attached hydrogens (tertiary/aromatic N) is 2. The van der Waals surface area contributed by atoms with E-state index >= 15 is 0 Å². The number of amides is 1. The number of carbonyl (C=O) groups excluding carboxylic acids is 1. The van der Waals surface area contributed by atoms with Crippen molar-refractivity contribution in [2.45, 2.75) is 31.8 Å². The van der Waals surface area contributed by atoms with Crippen molar-refractivity contribution in [2.24, 2.45) is 0 Å². The van der Waals surface area contributed by atoms with Crippen LogP contribution < -0.4 is 5.32 Å². The molecule has 0 aromatic rings. The van der Waals surface area contributed by atoms with E-state index in [0.29, 0.717) is 6.54 Å². The van der Waals surface area contributed by atoms with Crippen LogP contribution in [-0.4, -0.2) is 43.2 Å². The van der Waals surface area contributed by atoms with E-state index in [1.54, 1.807) is 6.20 Å². The molecule has 2 saturated heterocycles. The molecule has 0 bridgehead atoms. The second-order valence-electron chi connectivity index (χ2n) is 4.74. The molecule has 0 radical (unpaired) electrons. The van der Waals surface area contributed by atoms with Gasteiger partial charge in [-0.25, -0.2) is 0 Å². The summed E-state index contributed by atoms with van der Waals surface area (Å²) in [7, 11) is 0.